The molecule has 1 heterocycles. The van der Waals surface area contributed by atoms with Crippen molar-refractivity contribution in [3.63, 3.8) is 0 Å². The van der Waals surface area contributed by atoms with Gasteiger partial charge in [-0.1, -0.05) is 12.1 Å². The van der Waals surface area contributed by atoms with E-state index in [0.717, 1.165) is 17.4 Å². The Balaban J connectivity index is 1.75. The number of carbonyl (C=O) groups excluding carboxylic acids is 1. The summed E-state index contributed by atoms with van der Waals surface area (Å²) < 4.78 is 20.2. The van der Waals surface area contributed by atoms with E-state index >= 15 is 0 Å². The lowest BCUT2D eigenvalue weighted by Crippen LogP contribution is -2.31. The van der Waals surface area contributed by atoms with Gasteiger partial charge in [-0.3, -0.25) is 9.59 Å². The molecule has 0 unspecified atom stereocenters. The van der Waals surface area contributed by atoms with Gasteiger partial charge in [0.1, 0.15) is 17.1 Å². The summed E-state index contributed by atoms with van der Waals surface area (Å²) in [6.45, 7) is 0.384. The number of pyridine rings is 1. The maximum atomic E-state index is 13.5. The van der Waals surface area contributed by atoms with Gasteiger partial charge in [0.25, 0.3) is 5.91 Å². The fraction of sp³-hybridized carbons (Fsp3) is 0.200. The Morgan fingerprint density at radius 2 is 1.92 bits per heavy atom. The van der Waals surface area contributed by atoms with Gasteiger partial charge < -0.3 is 14.6 Å². The number of aromatic nitrogens is 1. The highest BCUT2D eigenvalue weighted by atomic mass is 19.1. The van der Waals surface area contributed by atoms with Crippen LogP contribution in [0.5, 0.6) is 5.75 Å². The molecule has 134 valence electrons. The summed E-state index contributed by atoms with van der Waals surface area (Å²) in [4.78, 5) is 24.9. The number of aryl methyl sites for hydroxylation is 1. The molecule has 0 radical (unpaired) electrons. The molecule has 0 aliphatic heterocycles. The van der Waals surface area contributed by atoms with E-state index in [-0.39, 0.29) is 10.9 Å². The topological polar surface area (TPSA) is 60.3 Å². The second-order valence-corrected chi connectivity index (χ2v) is 6.00. The van der Waals surface area contributed by atoms with E-state index in [1.807, 2.05) is 24.3 Å². The van der Waals surface area contributed by atoms with Crippen molar-refractivity contribution < 1.29 is 13.9 Å². The van der Waals surface area contributed by atoms with E-state index in [1.165, 1.54) is 18.3 Å². The van der Waals surface area contributed by atoms with Crippen LogP contribution in [0.25, 0.3) is 10.9 Å². The standard InChI is InChI=1S/C20H19FN2O3/c1-23-12-17(19(24)16-11-14(21)5-8-18(16)23)20(25)22-10-9-13-3-6-15(26-2)7-4-13/h3-8,11-12H,9-10H2,1-2H3,(H,22,25). The van der Waals surface area contributed by atoms with E-state index in [0.29, 0.717) is 18.5 Å². The van der Waals surface area contributed by atoms with Gasteiger partial charge >= 0.3 is 0 Å². The van der Waals surface area contributed by atoms with E-state index in [1.54, 1.807) is 18.7 Å². The van der Waals surface area contributed by atoms with Crippen LogP contribution in [0.1, 0.15) is 15.9 Å². The molecule has 0 atom stereocenters. The van der Waals surface area contributed by atoms with Crippen molar-refractivity contribution in [3.8, 4) is 5.75 Å². The highest BCUT2D eigenvalue weighted by Crippen LogP contribution is 2.13. The van der Waals surface area contributed by atoms with Crippen LogP contribution in [0.3, 0.4) is 0 Å². The first-order valence-electron chi connectivity index (χ1n) is 8.19. The number of benzene rings is 2. The molecule has 3 aromatic rings. The first-order valence-corrected chi connectivity index (χ1v) is 8.19. The number of nitrogens with one attached hydrogen (secondary N) is 1. The number of amides is 1. The molecule has 0 spiro atoms. The first-order chi connectivity index (χ1) is 12.5. The number of rotatable bonds is 5. The number of carbonyl (C=O) groups is 1. The normalized spacial score (nSPS) is 10.7. The Kier molecular flexibility index (Phi) is 5.02. The Bertz CT molecular complexity index is 1010. The van der Waals surface area contributed by atoms with E-state index in [2.05, 4.69) is 5.32 Å². The average molecular weight is 354 g/mol. The number of hydrogen-bond acceptors (Lipinski definition) is 3. The van der Waals surface area contributed by atoms with Gasteiger partial charge in [-0.05, 0) is 42.3 Å². The third-order valence-electron chi connectivity index (χ3n) is 4.25. The zero-order valence-electron chi connectivity index (χ0n) is 14.6. The van der Waals surface area contributed by atoms with Gasteiger partial charge in [0, 0.05) is 25.2 Å². The summed E-state index contributed by atoms with van der Waals surface area (Å²) in [7, 11) is 3.32. The van der Waals surface area contributed by atoms with Crippen LogP contribution in [0.15, 0.2) is 53.5 Å². The second-order valence-electron chi connectivity index (χ2n) is 6.00. The van der Waals surface area contributed by atoms with Crippen molar-refractivity contribution in [1.82, 2.24) is 9.88 Å². The minimum absolute atomic E-state index is 0.000306. The van der Waals surface area contributed by atoms with E-state index in [9.17, 15) is 14.0 Å². The predicted octanol–water partition coefficient (Wildman–Crippen LogP) is 2.66. The lowest BCUT2D eigenvalue weighted by Gasteiger charge is -2.10. The van der Waals surface area contributed by atoms with Crippen molar-refractivity contribution in [2.75, 3.05) is 13.7 Å². The molecule has 0 saturated carbocycles. The molecule has 0 saturated heterocycles. The number of fused-ring (bicyclic) bond motifs is 1. The number of ether oxygens (including phenoxy) is 1. The molecule has 26 heavy (non-hydrogen) atoms. The Morgan fingerprint density at radius 3 is 2.62 bits per heavy atom. The highest BCUT2D eigenvalue weighted by molar-refractivity contribution is 5.97. The van der Waals surface area contributed by atoms with Crippen LogP contribution < -0.4 is 15.5 Å². The van der Waals surface area contributed by atoms with E-state index < -0.39 is 17.2 Å². The van der Waals surface area contributed by atoms with Crippen molar-refractivity contribution in [2.45, 2.75) is 6.42 Å². The summed E-state index contributed by atoms with van der Waals surface area (Å²) in [5.74, 6) is -0.207. The first kappa shape index (κ1) is 17.7. The molecule has 6 heteroatoms. The Morgan fingerprint density at radius 1 is 1.19 bits per heavy atom. The SMILES string of the molecule is COc1ccc(CCNC(=O)c2cn(C)c3ccc(F)cc3c2=O)cc1. The van der Waals surface area contributed by atoms with Crippen LogP contribution in [0.4, 0.5) is 4.39 Å². The predicted molar refractivity (Wildman–Crippen MR) is 98.2 cm³/mol. The van der Waals surface area contributed by atoms with Crippen LogP contribution in [0.2, 0.25) is 0 Å². The Labute approximate surface area is 150 Å². The maximum Gasteiger partial charge on any atom is 0.256 e. The quantitative estimate of drug-likeness (QED) is 0.766. The molecular weight excluding hydrogens is 335 g/mol. The minimum Gasteiger partial charge on any atom is -0.497 e. The number of halogens is 1. The molecule has 5 nitrogen and oxygen atoms in total. The van der Waals surface area contributed by atoms with Gasteiger partial charge in [0.2, 0.25) is 5.43 Å². The van der Waals surface area contributed by atoms with Crippen molar-refractivity contribution >= 4 is 16.8 Å². The number of hydrogen-bond donors (Lipinski definition) is 1. The van der Waals surface area contributed by atoms with Crippen LogP contribution in [-0.4, -0.2) is 24.1 Å². The zero-order valence-corrected chi connectivity index (χ0v) is 14.6. The highest BCUT2D eigenvalue weighted by Gasteiger charge is 2.14. The molecule has 0 aliphatic carbocycles. The lowest BCUT2D eigenvalue weighted by atomic mass is 10.1. The molecule has 1 aromatic heterocycles. The Hall–Kier alpha value is -3.15. The fourth-order valence-corrected chi connectivity index (χ4v) is 2.83. The molecule has 0 fully saturated rings. The summed E-state index contributed by atoms with van der Waals surface area (Å²) in [5.41, 5.74) is 1.14. The molecule has 1 N–H and O–H groups in total. The molecule has 0 bridgehead atoms. The largest absolute Gasteiger partial charge is 0.497 e. The van der Waals surface area contributed by atoms with Gasteiger partial charge in [-0.25, -0.2) is 4.39 Å². The smallest absolute Gasteiger partial charge is 0.256 e. The monoisotopic (exact) mass is 354 g/mol. The van der Waals surface area contributed by atoms with Crippen LogP contribution in [0, 0.1) is 5.82 Å². The van der Waals surface area contributed by atoms with E-state index in [4.69, 9.17) is 4.74 Å². The van der Waals surface area contributed by atoms with Crippen LogP contribution in [-0.2, 0) is 13.5 Å². The molecule has 0 aliphatic rings. The van der Waals surface area contributed by atoms with Crippen molar-refractivity contribution in [2.24, 2.45) is 7.05 Å². The van der Waals surface area contributed by atoms with Gasteiger partial charge in [0.05, 0.1) is 12.6 Å². The average Bonchev–Trinajstić information content (AvgIpc) is 2.65. The van der Waals surface area contributed by atoms with Crippen LogP contribution >= 0.6 is 0 Å². The maximum absolute atomic E-state index is 13.5. The van der Waals surface area contributed by atoms with Crippen molar-refractivity contribution in [3.05, 3.63) is 75.8 Å². The summed E-state index contributed by atoms with van der Waals surface area (Å²) in [6, 6.07) is 11.5. The number of methoxy groups -OCH3 is 1. The van der Waals surface area contributed by atoms with Gasteiger partial charge in [-0.15, -0.1) is 0 Å². The molecule has 3 rings (SSSR count). The molecule has 2 aromatic carbocycles. The summed E-state index contributed by atoms with van der Waals surface area (Å²) in [5, 5.41) is 2.94. The molecular formula is C20H19FN2O3. The van der Waals surface area contributed by atoms with Gasteiger partial charge in [0.15, 0.2) is 0 Å². The summed E-state index contributed by atoms with van der Waals surface area (Å²) >= 11 is 0. The third-order valence-corrected chi connectivity index (χ3v) is 4.25. The van der Waals surface area contributed by atoms with Crippen molar-refractivity contribution in [1.29, 1.82) is 0 Å². The van der Waals surface area contributed by atoms with Gasteiger partial charge in [-0.2, -0.15) is 0 Å². The minimum atomic E-state index is -0.508. The number of nitrogens with zero attached hydrogens (tertiary/aromatic N) is 1. The molecule has 1 amide bonds. The fourth-order valence-electron chi connectivity index (χ4n) is 2.83. The summed E-state index contributed by atoms with van der Waals surface area (Å²) in [6.07, 6.45) is 2.10. The second kappa shape index (κ2) is 7.39. The third kappa shape index (κ3) is 3.59. The lowest BCUT2D eigenvalue weighted by molar-refractivity contribution is 0.0952. The zero-order chi connectivity index (χ0) is 18.7.